The van der Waals surface area contributed by atoms with Crippen LogP contribution >= 0.6 is 58.0 Å². The molecular weight excluding hydrogens is 461 g/mol. The SMILES string of the molecule is FC(F)(F)c1cc(-c2c(Cl)c(Cl)c(Cl)c(Cl)c2Cl)cc(C(F)(F)F)n1. The molecule has 0 fully saturated rings. The molecule has 0 atom stereocenters. The Hall–Kier alpha value is -0.600. The Morgan fingerprint density at radius 3 is 1.24 bits per heavy atom. The van der Waals surface area contributed by atoms with Gasteiger partial charge in [-0.3, -0.25) is 0 Å². The van der Waals surface area contributed by atoms with Crippen molar-refractivity contribution in [3.8, 4) is 11.1 Å². The summed E-state index contributed by atoms with van der Waals surface area (Å²) in [6, 6.07) is 0.700. The monoisotopic (exact) mass is 461 g/mol. The van der Waals surface area contributed by atoms with Gasteiger partial charge in [0, 0.05) is 5.56 Å². The van der Waals surface area contributed by atoms with E-state index in [1.807, 2.05) is 0 Å². The molecule has 1 heterocycles. The van der Waals surface area contributed by atoms with E-state index in [-0.39, 0.29) is 15.1 Å². The predicted molar refractivity (Wildman–Crippen MR) is 84.7 cm³/mol. The van der Waals surface area contributed by atoms with E-state index in [0.717, 1.165) is 0 Å². The summed E-state index contributed by atoms with van der Waals surface area (Å²) in [6.07, 6.45) is -10.3. The zero-order valence-electron chi connectivity index (χ0n) is 11.3. The molecule has 0 amide bonds. The average molecular weight is 463 g/mol. The highest BCUT2D eigenvalue weighted by molar-refractivity contribution is 6.56. The first-order valence-electron chi connectivity index (χ1n) is 5.93. The molecule has 2 aromatic rings. The number of hydrogen-bond donors (Lipinski definition) is 0. The van der Waals surface area contributed by atoms with Crippen molar-refractivity contribution in [2.45, 2.75) is 12.4 Å². The third kappa shape index (κ3) is 4.06. The number of nitrogens with zero attached hydrogens (tertiary/aromatic N) is 1. The van der Waals surface area contributed by atoms with E-state index in [1.54, 1.807) is 0 Å². The normalized spacial score (nSPS) is 12.6. The lowest BCUT2D eigenvalue weighted by Crippen LogP contribution is -2.15. The zero-order valence-corrected chi connectivity index (χ0v) is 15.0. The summed E-state index contributed by atoms with van der Waals surface area (Å²) in [5.41, 5.74) is -4.62. The summed E-state index contributed by atoms with van der Waals surface area (Å²) in [5, 5.41) is -1.93. The van der Waals surface area contributed by atoms with Crippen LogP contribution < -0.4 is 0 Å². The van der Waals surface area contributed by atoms with Gasteiger partial charge in [0.05, 0.1) is 25.1 Å². The molecule has 1 aromatic carbocycles. The van der Waals surface area contributed by atoms with Crippen molar-refractivity contribution < 1.29 is 26.3 Å². The lowest BCUT2D eigenvalue weighted by atomic mass is 10.0. The number of halogens is 11. The Kier molecular flexibility index (Phi) is 5.67. The van der Waals surface area contributed by atoms with Crippen LogP contribution in [0.15, 0.2) is 12.1 Å². The fourth-order valence-corrected chi connectivity index (χ4v) is 3.18. The first-order valence-corrected chi connectivity index (χ1v) is 7.82. The van der Waals surface area contributed by atoms with Gasteiger partial charge in [-0.1, -0.05) is 58.0 Å². The first-order chi connectivity index (χ1) is 11.2. The first kappa shape index (κ1) is 20.7. The highest BCUT2D eigenvalue weighted by atomic mass is 35.5. The third-order valence-corrected chi connectivity index (χ3v) is 5.18. The van der Waals surface area contributed by atoms with Crippen LogP contribution in [-0.4, -0.2) is 4.98 Å². The lowest BCUT2D eigenvalue weighted by molar-refractivity contribution is -0.150. The maximum Gasteiger partial charge on any atom is 0.433 e. The van der Waals surface area contributed by atoms with Crippen LogP contribution in [0.1, 0.15) is 11.4 Å². The van der Waals surface area contributed by atoms with E-state index in [9.17, 15) is 26.3 Å². The van der Waals surface area contributed by atoms with Gasteiger partial charge in [0.2, 0.25) is 0 Å². The molecule has 2 rings (SSSR count). The molecule has 0 radical (unpaired) electrons. The topological polar surface area (TPSA) is 12.9 Å². The molecule has 0 bridgehead atoms. The summed E-state index contributed by atoms with van der Waals surface area (Å²) in [4.78, 5) is 2.59. The van der Waals surface area contributed by atoms with Crippen molar-refractivity contribution >= 4 is 58.0 Å². The van der Waals surface area contributed by atoms with Gasteiger partial charge in [-0.25, -0.2) is 4.98 Å². The van der Waals surface area contributed by atoms with E-state index >= 15 is 0 Å². The molecule has 0 saturated heterocycles. The van der Waals surface area contributed by atoms with Crippen LogP contribution in [0.4, 0.5) is 26.3 Å². The van der Waals surface area contributed by atoms with E-state index in [1.165, 1.54) is 0 Å². The van der Waals surface area contributed by atoms with Gasteiger partial charge in [-0.05, 0) is 17.7 Å². The van der Waals surface area contributed by atoms with Crippen molar-refractivity contribution in [2.24, 2.45) is 0 Å². The smallest absolute Gasteiger partial charge is 0.239 e. The van der Waals surface area contributed by atoms with Gasteiger partial charge in [-0.15, -0.1) is 0 Å². The van der Waals surface area contributed by atoms with Gasteiger partial charge in [0.1, 0.15) is 11.4 Å². The summed E-state index contributed by atoms with van der Waals surface area (Å²) in [7, 11) is 0. The predicted octanol–water partition coefficient (Wildman–Crippen LogP) is 8.05. The van der Waals surface area contributed by atoms with Crippen molar-refractivity contribution in [3.05, 3.63) is 48.6 Å². The van der Waals surface area contributed by atoms with Crippen molar-refractivity contribution in [2.75, 3.05) is 0 Å². The average Bonchev–Trinajstić information content (AvgIpc) is 2.49. The molecule has 0 aliphatic heterocycles. The summed E-state index contributed by atoms with van der Waals surface area (Å²) in [5.74, 6) is 0. The molecule has 12 heteroatoms. The standard InChI is InChI=1S/C13H2Cl5F6N/c14-7-6(8(15)10(17)11(18)9(7)16)3-1-4(12(19,20)21)25-5(2-3)13(22,23)24/h1-2H. The molecule has 1 nitrogen and oxygen atoms in total. The Balaban J connectivity index is 2.89. The second-order valence-electron chi connectivity index (χ2n) is 4.57. The van der Waals surface area contributed by atoms with E-state index in [4.69, 9.17) is 58.0 Å². The minimum atomic E-state index is -5.14. The molecule has 0 aliphatic rings. The van der Waals surface area contributed by atoms with Crippen LogP contribution in [0.5, 0.6) is 0 Å². The molecule has 0 saturated carbocycles. The molecule has 0 unspecified atom stereocenters. The van der Waals surface area contributed by atoms with Crippen molar-refractivity contribution in [1.82, 2.24) is 4.98 Å². The second kappa shape index (κ2) is 6.85. The molecule has 25 heavy (non-hydrogen) atoms. The molecule has 0 N–H and O–H groups in total. The van der Waals surface area contributed by atoms with Crippen molar-refractivity contribution in [3.63, 3.8) is 0 Å². The Labute approximate surface area is 161 Å². The van der Waals surface area contributed by atoms with E-state index in [2.05, 4.69) is 4.98 Å². The zero-order chi connectivity index (χ0) is 19.3. The van der Waals surface area contributed by atoms with Crippen LogP contribution in [0.2, 0.25) is 25.1 Å². The number of hydrogen-bond acceptors (Lipinski definition) is 1. The second-order valence-corrected chi connectivity index (χ2v) is 6.46. The van der Waals surface area contributed by atoms with E-state index < -0.39 is 44.9 Å². The number of benzene rings is 1. The summed E-state index contributed by atoms with van der Waals surface area (Å²) >= 11 is 29.2. The molecule has 0 spiro atoms. The summed E-state index contributed by atoms with van der Waals surface area (Å²) < 4.78 is 77.4. The van der Waals surface area contributed by atoms with Gasteiger partial charge in [0.25, 0.3) is 0 Å². The maximum absolute atomic E-state index is 12.9. The number of aromatic nitrogens is 1. The van der Waals surface area contributed by atoms with Crippen molar-refractivity contribution in [1.29, 1.82) is 0 Å². The van der Waals surface area contributed by atoms with Gasteiger partial charge < -0.3 is 0 Å². The molecule has 1 aromatic heterocycles. The minimum Gasteiger partial charge on any atom is -0.239 e. The minimum absolute atomic E-state index is 0.289. The Morgan fingerprint density at radius 2 is 0.920 bits per heavy atom. The largest absolute Gasteiger partial charge is 0.433 e. The highest BCUT2D eigenvalue weighted by Gasteiger charge is 2.39. The Bertz CT molecular complexity index is 785. The van der Waals surface area contributed by atoms with Gasteiger partial charge >= 0.3 is 12.4 Å². The lowest BCUT2D eigenvalue weighted by Gasteiger charge is -2.16. The van der Waals surface area contributed by atoms with Crippen LogP contribution in [0.3, 0.4) is 0 Å². The fourth-order valence-electron chi connectivity index (χ4n) is 1.82. The third-order valence-electron chi connectivity index (χ3n) is 2.90. The molecule has 136 valence electrons. The highest BCUT2D eigenvalue weighted by Crippen LogP contribution is 2.49. The van der Waals surface area contributed by atoms with Crippen LogP contribution in [-0.2, 0) is 12.4 Å². The fraction of sp³-hybridized carbons (Fsp3) is 0.154. The molecular formula is C13H2Cl5F6N. The Morgan fingerprint density at radius 1 is 0.600 bits per heavy atom. The van der Waals surface area contributed by atoms with Gasteiger partial charge in [0.15, 0.2) is 0 Å². The quantitative estimate of drug-likeness (QED) is 0.237. The molecule has 0 aliphatic carbocycles. The number of pyridine rings is 1. The van der Waals surface area contributed by atoms with Crippen LogP contribution in [0.25, 0.3) is 11.1 Å². The van der Waals surface area contributed by atoms with E-state index in [0.29, 0.717) is 12.1 Å². The van der Waals surface area contributed by atoms with Crippen LogP contribution in [0, 0.1) is 0 Å². The number of rotatable bonds is 1. The number of alkyl halides is 6. The summed E-state index contributed by atoms with van der Waals surface area (Å²) in [6.45, 7) is 0. The van der Waals surface area contributed by atoms with Gasteiger partial charge in [-0.2, -0.15) is 26.3 Å². The maximum atomic E-state index is 12.9.